The monoisotopic (exact) mass is 232 g/mol. The Morgan fingerprint density at radius 2 is 2.19 bits per heavy atom. The van der Waals surface area contributed by atoms with Gasteiger partial charge in [0.25, 0.3) is 5.66 Å². The molecule has 0 saturated carbocycles. The van der Waals surface area contributed by atoms with Crippen LogP contribution in [0.25, 0.3) is 0 Å². The number of halogens is 3. The average Bonchev–Trinajstić information content (AvgIpc) is 2.99. The average molecular weight is 232 g/mol. The van der Waals surface area contributed by atoms with Gasteiger partial charge in [-0.25, -0.2) is 0 Å². The van der Waals surface area contributed by atoms with Crippen LogP contribution in [0, 0.1) is 5.92 Å². The van der Waals surface area contributed by atoms with E-state index in [0.717, 1.165) is 5.57 Å². The molecule has 2 aliphatic rings. The molecule has 1 aliphatic carbocycles. The highest BCUT2D eigenvalue weighted by Gasteiger charge is 2.67. The van der Waals surface area contributed by atoms with Crippen molar-refractivity contribution in [2.45, 2.75) is 18.3 Å². The fourth-order valence-corrected chi connectivity index (χ4v) is 1.76. The quantitative estimate of drug-likeness (QED) is 0.736. The van der Waals surface area contributed by atoms with Gasteiger partial charge >= 0.3 is 6.18 Å². The Morgan fingerprint density at radius 1 is 1.50 bits per heavy atom. The predicted octanol–water partition coefficient (Wildman–Crippen LogP) is 2.86. The Hall–Kier alpha value is -1.17. The number of methoxy groups -OCH3 is 1. The lowest BCUT2D eigenvalue weighted by molar-refractivity contribution is -0.172. The van der Waals surface area contributed by atoms with Crippen LogP contribution in [0.5, 0.6) is 0 Å². The molecule has 0 spiro atoms. The second-order valence-electron chi connectivity index (χ2n) is 3.84. The van der Waals surface area contributed by atoms with Crippen molar-refractivity contribution in [1.82, 2.24) is 0 Å². The van der Waals surface area contributed by atoms with Crippen molar-refractivity contribution in [1.29, 1.82) is 0 Å². The minimum absolute atomic E-state index is 0.293. The van der Waals surface area contributed by atoms with Gasteiger partial charge in [-0.05, 0) is 12.0 Å². The molecule has 6 heteroatoms. The summed E-state index contributed by atoms with van der Waals surface area (Å²) in [7, 11) is 1.55. The van der Waals surface area contributed by atoms with E-state index in [-0.39, 0.29) is 0 Å². The summed E-state index contributed by atoms with van der Waals surface area (Å²) in [4.78, 5) is 0. The summed E-state index contributed by atoms with van der Waals surface area (Å²) in [5.41, 5.74) is -1.30. The fourth-order valence-electron chi connectivity index (χ4n) is 1.76. The van der Waals surface area contributed by atoms with Gasteiger partial charge in [0, 0.05) is 13.0 Å². The van der Waals surface area contributed by atoms with Gasteiger partial charge < -0.3 is 4.74 Å². The standard InChI is InChI=1S/C10H11F3N2O/c1-16-6-7-2-4-8(5-3-7)9(14-15-9)10(11,12)13/h2-4,8H,5-6H2,1H3. The second kappa shape index (κ2) is 3.69. The van der Waals surface area contributed by atoms with Gasteiger partial charge in [0.1, 0.15) is 0 Å². The molecule has 0 amide bonds. The van der Waals surface area contributed by atoms with Crippen LogP contribution in [-0.4, -0.2) is 25.6 Å². The van der Waals surface area contributed by atoms with Crippen LogP contribution in [0.1, 0.15) is 6.42 Å². The second-order valence-corrected chi connectivity index (χ2v) is 3.84. The molecule has 0 saturated heterocycles. The van der Waals surface area contributed by atoms with E-state index in [9.17, 15) is 13.2 Å². The smallest absolute Gasteiger partial charge is 0.380 e. The van der Waals surface area contributed by atoms with Gasteiger partial charge in [-0.15, -0.1) is 10.2 Å². The van der Waals surface area contributed by atoms with Gasteiger partial charge in [-0.1, -0.05) is 18.2 Å². The lowest BCUT2D eigenvalue weighted by Crippen LogP contribution is -2.39. The normalized spacial score (nSPS) is 26.8. The van der Waals surface area contributed by atoms with Gasteiger partial charge in [0.15, 0.2) is 0 Å². The molecule has 1 aliphatic heterocycles. The van der Waals surface area contributed by atoms with Crippen LogP contribution in [0.4, 0.5) is 13.2 Å². The number of allylic oxidation sites excluding steroid dienone is 1. The van der Waals surface area contributed by atoms with Crippen molar-refractivity contribution < 1.29 is 17.9 Å². The molecular formula is C10H11F3N2O. The fraction of sp³-hybridized carbons (Fsp3) is 0.600. The van der Waals surface area contributed by atoms with Crippen molar-refractivity contribution in [2.75, 3.05) is 13.7 Å². The zero-order valence-corrected chi connectivity index (χ0v) is 8.66. The molecule has 0 radical (unpaired) electrons. The molecule has 2 rings (SSSR count). The van der Waals surface area contributed by atoms with Gasteiger partial charge in [0.05, 0.1) is 6.61 Å². The Labute approximate surface area is 90.7 Å². The summed E-state index contributed by atoms with van der Waals surface area (Å²) in [6, 6.07) is 0. The summed E-state index contributed by atoms with van der Waals surface area (Å²) < 4.78 is 42.9. The Morgan fingerprint density at radius 3 is 2.56 bits per heavy atom. The highest BCUT2D eigenvalue weighted by Crippen LogP contribution is 2.51. The van der Waals surface area contributed by atoms with Gasteiger partial charge in [0.2, 0.25) is 0 Å². The Bertz CT molecular complexity index is 365. The van der Waals surface area contributed by atoms with Crippen LogP contribution in [-0.2, 0) is 4.74 Å². The first-order valence-corrected chi connectivity index (χ1v) is 4.86. The van der Waals surface area contributed by atoms with Crippen molar-refractivity contribution in [3.8, 4) is 0 Å². The molecule has 0 fully saturated rings. The van der Waals surface area contributed by atoms with E-state index in [2.05, 4.69) is 10.2 Å². The minimum atomic E-state index is -4.39. The maximum atomic E-state index is 12.7. The van der Waals surface area contributed by atoms with Crippen molar-refractivity contribution in [2.24, 2.45) is 16.1 Å². The minimum Gasteiger partial charge on any atom is -0.380 e. The van der Waals surface area contributed by atoms with Crippen LogP contribution in [0.15, 0.2) is 34.0 Å². The van der Waals surface area contributed by atoms with Crippen molar-refractivity contribution in [3.63, 3.8) is 0 Å². The number of alkyl halides is 3. The molecular weight excluding hydrogens is 221 g/mol. The van der Waals surface area contributed by atoms with Crippen LogP contribution >= 0.6 is 0 Å². The third-order valence-electron chi connectivity index (χ3n) is 2.74. The maximum absolute atomic E-state index is 12.7. The van der Waals surface area contributed by atoms with Gasteiger partial charge in [-0.3, -0.25) is 0 Å². The van der Waals surface area contributed by atoms with E-state index in [1.54, 1.807) is 19.3 Å². The predicted molar refractivity (Wildman–Crippen MR) is 50.8 cm³/mol. The topological polar surface area (TPSA) is 34.0 Å². The molecule has 3 nitrogen and oxygen atoms in total. The highest BCUT2D eigenvalue weighted by atomic mass is 19.4. The number of ether oxygens (including phenoxy) is 1. The maximum Gasteiger partial charge on any atom is 0.438 e. The summed E-state index contributed by atoms with van der Waals surface area (Å²) in [6.45, 7) is 0.413. The lowest BCUT2D eigenvalue weighted by atomic mass is 9.87. The molecule has 1 atom stereocenters. The van der Waals surface area contributed by atoms with Crippen molar-refractivity contribution in [3.05, 3.63) is 23.8 Å². The third kappa shape index (κ3) is 1.77. The van der Waals surface area contributed by atoms with E-state index in [1.165, 1.54) is 6.08 Å². The van der Waals surface area contributed by atoms with Crippen LogP contribution in [0.2, 0.25) is 0 Å². The van der Waals surface area contributed by atoms with Crippen LogP contribution in [0.3, 0.4) is 0 Å². The number of hydrogen-bond acceptors (Lipinski definition) is 3. The molecule has 16 heavy (non-hydrogen) atoms. The largest absolute Gasteiger partial charge is 0.438 e. The summed E-state index contributed by atoms with van der Waals surface area (Å²) in [5.74, 6) is -0.715. The zero-order chi connectivity index (χ0) is 11.8. The first-order valence-electron chi connectivity index (χ1n) is 4.86. The Balaban J connectivity index is 2.04. The molecule has 1 heterocycles. The molecule has 0 aromatic carbocycles. The first-order chi connectivity index (χ1) is 7.49. The SMILES string of the molecule is COCC1=CCC(C2(C(F)(F)F)N=N2)C=C1. The van der Waals surface area contributed by atoms with E-state index < -0.39 is 17.8 Å². The zero-order valence-electron chi connectivity index (χ0n) is 8.66. The molecule has 88 valence electrons. The summed E-state index contributed by atoms with van der Waals surface area (Å²) in [5, 5.41) is 6.38. The van der Waals surface area contributed by atoms with Crippen LogP contribution < -0.4 is 0 Å². The molecule has 0 N–H and O–H groups in total. The van der Waals surface area contributed by atoms with E-state index >= 15 is 0 Å². The highest BCUT2D eigenvalue weighted by molar-refractivity contribution is 5.28. The molecule has 0 aromatic rings. The number of rotatable bonds is 3. The number of hydrogen-bond donors (Lipinski definition) is 0. The summed E-state index contributed by atoms with van der Waals surface area (Å²) in [6.07, 6.45) is 0.803. The lowest BCUT2D eigenvalue weighted by Gasteiger charge is -2.23. The Kier molecular flexibility index (Phi) is 2.61. The van der Waals surface area contributed by atoms with E-state index in [1.807, 2.05) is 0 Å². The molecule has 0 bridgehead atoms. The number of nitrogens with zero attached hydrogens (tertiary/aromatic N) is 2. The first kappa shape index (κ1) is 11.3. The third-order valence-corrected chi connectivity index (χ3v) is 2.74. The van der Waals surface area contributed by atoms with Crippen molar-refractivity contribution >= 4 is 0 Å². The van der Waals surface area contributed by atoms with E-state index in [4.69, 9.17) is 4.74 Å². The summed E-state index contributed by atoms with van der Waals surface area (Å²) >= 11 is 0. The van der Waals surface area contributed by atoms with Gasteiger partial charge in [-0.2, -0.15) is 13.2 Å². The molecule has 1 unspecified atom stereocenters. The molecule has 0 aromatic heterocycles. The van der Waals surface area contributed by atoms with E-state index in [0.29, 0.717) is 13.0 Å².